The minimum atomic E-state index is -0.00292. The van der Waals surface area contributed by atoms with E-state index in [2.05, 4.69) is 37.1 Å². The standard InChI is InChI=1S/C18H25N5OS/c1-19-17(24)14-25-18-21-20-16(13-22-10-6-3-7-11-22)23(18)12-15-8-4-2-5-9-15/h2,4-5,8-9H,3,6-7,10-14H2,1H3,(H,19,24). The van der Waals surface area contributed by atoms with Gasteiger partial charge in [0.15, 0.2) is 5.16 Å². The molecule has 0 radical (unpaired) electrons. The molecule has 1 aliphatic heterocycles. The van der Waals surface area contributed by atoms with Crippen molar-refractivity contribution in [1.82, 2.24) is 25.0 Å². The summed E-state index contributed by atoms with van der Waals surface area (Å²) in [6.45, 7) is 3.80. The predicted octanol–water partition coefficient (Wildman–Crippen LogP) is 2.15. The third-order valence-corrected chi connectivity index (χ3v) is 5.37. The van der Waals surface area contributed by atoms with E-state index in [9.17, 15) is 4.79 Å². The number of thioether (sulfide) groups is 1. The molecule has 0 bridgehead atoms. The van der Waals surface area contributed by atoms with Crippen molar-refractivity contribution in [3.63, 3.8) is 0 Å². The fraction of sp³-hybridized carbons (Fsp3) is 0.500. The Hall–Kier alpha value is -1.86. The van der Waals surface area contributed by atoms with Gasteiger partial charge in [-0.05, 0) is 31.5 Å². The van der Waals surface area contributed by atoms with E-state index >= 15 is 0 Å². The molecule has 3 rings (SSSR count). The predicted molar refractivity (Wildman–Crippen MR) is 99.5 cm³/mol. The van der Waals surface area contributed by atoms with Crippen LogP contribution in [0.2, 0.25) is 0 Å². The minimum Gasteiger partial charge on any atom is -0.358 e. The zero-order chi connectivity index (χ0) is 17.5. The maximum atomic E-state index is 11.6. The maximum absolute atomic E-state index is 11.6. The Morgan fingerprint density at radius 3 is 2.60 bits per heavy atom. The molecule has 2 aromatic rings. The second-order valence-electron chi connectivity index (χ2n) is 6.27. The van der Waals surface area contributed by atoms with Crippen LogP contribution in [0.25, 0.3) is 0 Å². The van der Waals surface area contributed by atoms with Crippen molar-refractivity contribution in [2.45, 2.75) is 37.5 Å². The van der Waals surface area contributed by atoms with Gasteiger partial charge in [0.25, 0.3) is 0 Å². The van der Waals surface area contributed by atoms with E-state index in [1.807, 2.05) is 18.2 Å². The lowest BCUT2D eigenvalue weighted by molar-refractivity contribution is -0.118. The van der Waals surface area contributed by atoms with Crippen molar-refractivity contribution in [1.29, 1.82) is 0 Å². The molecule has 0 spiro atoms. The van der Waals surface area contributed by atoms with Crippen LogP contribution in [-0.2, 0) is 17.9 Å². The lowest BCUT2D eigenvalue weighted by Gasteiger charge is -2.26. The number of nitrogens with one attached hydrogen (secondary N) is 1. The van der Waals surface area contributed by atoms with Crippen molar-refractivity contribution < 1.29 is 4.79 Å². The van der Waals surface area contributed by atoms with Crippen molar-refractivity contribution in [2.75, 3.05) is 25.9 Å². The summed E-state index contributed by atoms with van der Waals surface area (Å²) in [5.74, 6) is 1.33. The average molecular weight is 359 g/mol. The van der Waals surface area contributed by atoms with Gasteiger partial charge in [0.2, 0.25) is 5.91 Å². The van der Waals surface area contributed by atoms with Gasteiger partial charge >= 0.3 is 0 Å². The third kappa shape index (κ3) is 5.06. The summed E-state index contributed by atoms with van der Waals surface area (Å²) in [6, 6.07) is 10.3. The van der Waals surface area contributed by atoms with Crippen LogP contribution in [-0.4, -0.2) is 51.5 Å². The van der Waals surface area contributed by atoms with Crippen molar-refractivity contribution in [2.24, 2.45) is 0 Å². The minimum absolute atomic E-state index is 0.00292. The Morgan fingerprint density at radius 1 is 1.12 bits per heavy atom. The molecule has 1 amide bonds. The van der Waals surface area contributed by atoms with E-state index < -0.39 is 0 Å². The highest BCUT2D eigenvalue weighted by molar-refractivity contribution is 7.99. The first-order chi connectivity index (χ1) is 12.3. The van der Waals surface area contributed by atoms with Gasteiger partial charge in [-0.2, -0.15) is 0 Å². The smallest absolute Gasteiger partial charge is 0.230 e. The molecule has 134 valence electrons. The molecule has 2 heterocycles. The first-order valence-corrected chi connectivity index (χ1v) is 9.76. The van der Waals surface area contributed by atoms with E-state index in [0.717, 1.165) is 37.2 Å². The van der Waals surface area contributed by atoms with Crippen LogP contribution in [0, 0.1) is 0 Å². The number of hydrogen-bond donors (Lipinski definition) is 1. The van der Waals surface area contributed by atoms with Crippen LogP contribution in [0.15, 0.2) is 35.5 Å². The lowest BCUT2D eigenvalue weighted by atomic mass is 10.1. The highest BCUT2D eigenvalue weighted by atomic mass is 32.2. The van der Waals surface area contributed by atoms with Gasteiger partial charge in [-0.15, -0.1) is 10.2 Å². The summed E-state index contributed by atoms with van der Waals surface area (Å²) in [6.07, 6.45) is 3.83. The second-order valence-corrected chi connectivity index (χ2v) is 7.21. The Morgan fingerprint density at radius 2 is 1.88 bits per heavy atom. The number of rotatable bonds is 7. The Kier molecular flexibility index (Phi) is 6.47. The molecule has 0 unspecified atom stereocenters. The molecular weight excluding hydrogens is 334 g/mol. The number of nitrogens with zero attached hydrogens (tertiary/aromatic N) is 4. The Labute approximate surface area is 153 Å². The zero-order valence-corrected chi connectivity index (χ0v) is 15.5. The molecular formula is C18H25N5OS. The first kappa shape index (κ1) is 17.9. The number of carbonyl (C=O) groups is 1. The maximum Gasteiger partial charge on any atom is 0.230 e. The summed E-state index contributed by atoms with van der Waals surface area (Å²) in [4.78, 5) is 14.0. The SMILES string of the molecule is CNC(=O)CSc1nnc(CN2CCCCC2)n1Cc1ccccc1. The normalized spacial score (nSPS) is 15.2. The average Bonchev–Trinajstić information content (AvgIpc) is 3.03. The molecule has 6 nitrogen and oxygen atoms in total. The summed E-state index contributed by atoms with van der Waals surface area (Å²) >= 11 is 1.44. The molecule has 1 aromatic carbocycles. The molecule has 25 heavy (non-hydrogen) atoms. The number of aromatic nitrogens is 3. The molecule has 0 atom stereocenters. The topological polar surface area (TPSA) is 63.1 Å². The fourth-order valence-electron chi connectivity index (χ4n) is 2.99. The first-order valence-electron chi connectivity index (χ1n) is 8.78. The highest BCUT2D eigenvalue weighted by Crippen LogP contribution is 2.20. The van der Waals surface area contributed by atoms with Crippen LogP contribution in [0.5, 0.6) is 0 Å². The molecule has 1 saturated heterocycles. The van der Waals surface area contributed by atoms with E-state index in [0.29, 0.717) is 5.75 Å². The molecule has 1 aromatic heterocycles. The molecule has 1 fully saturated rings. The van der Waals surface area contributed by atoms with Crippen LogP contribution in [0.3, 0.4) is 0 Å². The van der Waals surface area contributed by atoms with Gasteiger partial charge in [0, 0.05) is 7.05 Å². The van der Waals surface area contributed by atoms with Gasteiger partial charge < -0.3 is 9.88 Å². The molecule has 1 N–H and O–H groups in total. The van der Waals surface area contributed by atoms with Crippen molar-refractivity contribution in [3.05, 3.63) is 41.7 Å². The highest BCUT2D eigenvalue weighted by Gasteiger charge is 2.18. The largest absolute Gasteiger partial charge is 0.358 e. The number of piperidine rings is 1. The van der Waals surface area contributed by atoms with Crippen molar-refractivity contribution >= 4 is 17.7 Å². The van der Waals surface area contributed by atoms with E-state index in [1.54, 1.807) is 7.05 Å². The van der Waals surface area contributed by atoms with E-state index in [4.69, 9.17) is 0 Å². The quantitative estimate of drug-likeness (QED) is 0.768. The zero-order valence-electron chi connectivity index (χ0n) is 14.6. The number of amides is 1. The number of hydrogen-bond acceptors (Lipinski definition) is 5. The van der Waals surface area contributed by atoms with Crippen LogP contribution >= 0.6 is 11.8 Å². The Balaban J connectivity index is 1.78. The van der Waals surface area contributed by atoms with Crippen LogP contribution < -0.4 is 5.32 Å². The fourth-order valence-corrected chi connectivity index (χ4v) is 3.82. The van der Waals surface area contributed by atoms with Gasteiger partial charge in [-0.1, -0.05) is 48.5 Å². The summed E-state index contributed by atoms with van der Waals surface area (Å²) < 4.78 is 2.15. The number of benzene rings is 1. The van der Waals surface area contributed by atoms with Crippen LogP contribution in [0.1, 0.15) is 30.7 Å². The van der Waals surface area contributed by atoms with Gasteiger partial charge in [0.1, 0.15) is 5.82 Å². The number of carbonyl (C=O) groups excluding carboxylic acids is 1. The lowest BCUT2D eigenvalue weighted by Crippen LogP contribution is -2.30. The summed E-state index contributed by atoms with van der Waals surface area (Å²) in [5.41, 5.74) is 1.21. The van der Waals surface area contributed by atoms with Gasteiger partial charge in [0.05, 0.1) is 18.8 Å². The summed E-state index contributed by atoms with van der Waals surface area (Å²) in [7, 11) is 1.65. The molecule has 0 aliphatic carbocycles. The monoisotopic (exact) mass is 359 g/mol. The van der Waals surface area contributed by atoms with Crippen molar-refractivity contribution in [3.8, 4) is 0 Å². The molecule has 1 aliphatic rings. The Bertz CT molecular complexity index is 682. The van der Waals surface area contributed by atoms with Gasteiger partial charge in [-0.3, -0.25) is 9.69 Å². The van der Waals surface area contributed by atoms with E-state index in [1.165, 1.54) is 36.6 Å². The summed E-state index contributed by atoms with van der Waals surface area (Å²) in [5, 5.41) is 12.2. The van der Waals surface area contributed by atoms with E-state index in [-0.39, 0.29) is 5.91 Å². The molecule has 0 saturated carbocycles. The molecule has 7 heteroatoms. The number of likely N-dealkylation sites (tertiary alicyclic amines) is 1. The van der Waals surface area contributed by atoms with Crippen LogP contribution in [0.4, 0.5) is 0 Å². The second kappa shape index (κ2) is 9.01. The van der Waals surface area contributed by atoms with Gasteiger partial charge in [-0.25, -0.2) is 0 Å². The third-order valence-electron chi connectivity index (χ3n) is 4.40.